The van der Waals surface area contributed by atoms with Crippen molar-refractivity contribution in [3.63, 3.8) is 0 Å². The molecule has 1 saturated carbocycles. The molecule has 210 valence electrons. The number of halogens is 1. The van der Waals surface area contributed by atoms with Crippen LogP contribution in [0.2, 0.25) is 0 Å². The number of aromatic nitrogens is 6. The molecule has 1 aromatic carbocycles. The molecule has 1 spiro atoms. The van der Waals surface area contributed by atoms with E-state index in [9.17, 15) is 4.79 Å². The summed E-state index contributed by atoms with van der Waals surface area (Å²) in [6.07, 6.45) is 6.49. The predicted molar refractivity (Wildman–Crippen MR) is 154 cm³/mol. The molecule has 5 heterocycles. The number of carbonyl (C=O) groups is 1. The van der Waals surface area contributed by atoms with E-state index in [0.717, 1.165) is 18.7 Å². The molecule has 1 aliphatic heterocycles. The minimum Gasteiger partial charge on any atom is -0.457 e. The normalized spacial score (nSPS) is 15.5. The maximum absolute atomic E-state index is 15.6. The van der Waals surface area contributed by atoms with Gasteiger partial charge in [-0.3, -0.25) is 4.79 Å². The minimum absolute atomic E-state index is 0.119. The number of hydrogen-bond acceptors (Lipinski definition) is 9. The van der Waals surface area contributed by atoms with E-state index in [1.807, 2.05) is 17.0 Å². The smallest absolute Gasteiger partial charge is 0.299 e. The van der Waals surface area contributed by atoms with E-state index in [1.54, 1.807) is 48.8 Å². The van der Waals surface area contributed by atoms with Gasteiger partial charge in [0.05, 0.1) is 16.7 Å². The third kappa shape index (κ3) is 4.49. The SMILES string of the molecule is CC#CC(=O)N1CCN(c2ccc3ncnc(Nc4ccc(Oc5ccn6ncnc6c5)c(C)c4F)c3n2)CC12CC2. The van der Waals surface area contributed by atoms with Gasteiger partial charge in [-0.15, -0.1) is 0 Å². The third-order valence-corrected chi connectivity index (χ3v) is 7.82. The van der Waals surface area contributed by atoms with E-state index in [4.69, 9.17) is 9.72 Å². The number of ether oxygens (including phenoxy) is 1. The number of benzene rings is 1. The molecule has 1 amide bonds. The number of nitrogens with one attached hydrogen (secondary N) is 1. The number of nitrogens with zero attached hydrogens (tertiary/aromatic N) is 8. The van der Waals surface area contributed by atoms with Crippen LogP contribution in [-0.4, -0.2) is 65.5 Å². The van der Waals surface area contributed by atoms with Crippen molar-refractivity contribution in [2.75, 3.05) is 29.9 Å². The molecule has 11 nitrogen and oxygen atoms in total. The lowest BCUT2D eigenvalue weighted by molar-refractivity contribution is -0.128. The average Bonchev–Trinajstić information content (AvgIpc) is 3.59. The number of amides is 1. The highest BCUT2D eigenvalue weighted by atomic mass is 19.1. The molecule has 1 aliphatic carbocycles. The summed E-state index contributed by atoms with van der Waals surface area (Å²) < 4.78 is 23.2. The van der Waals surface area contributed by atoms with E-state index in [-0.39, 0.29) is 17.1 Å². The Bertz CT molecular complexity index is 1930. The van der Waals surface area contributed by atoms with Crippen molar-refractivity contribution in [1.29, 1.82) is 0 Å². The second kappa shape index (κ2) is 9.95. The first kappa shape index (κ1) is 25.6. The number of carbonyl (C=O) groups excluding carboxylic acids is 1. The molecule has 4 aromatic heterocycles. The number of anilines is 3. The summed E-state index contributed by atoms with van der Waals surface area (Å²) in [4.78, 5) is 34.4. The molecule has 1 N–H and O–H groups in total. The first-order valence-electron chi connectivity index (χ1n) is 13.6. The van der Waals surface area contributed by atoms with Crippen LogP contribution in [0.25, 0.3) is 16.7 Å². The first-order valence-corrected chi connectivity index (χ1v) is 13.6. The Morgan fingerprint density at radius 2 is 1.98 bits per heavy atom. The Morgan fingerprint density at radius 1 is 1.10 bits per heavy atom. The summed E-state index contributed by atoms with van der Waals surface area (Å²) in [7, 11) is 0. The molecular formula is C30H26FN9O2. The van der Waals surface area contributed by atoms with Crippen LogP contribution in [0.5, 0.6) is 11.5 Å². The molecule has 2 fully saturated rings. The Balaban J connectivity index is 1.14. The van der Waals surface area contributed by atoms with Crippen molar-refractivity contribution in [2.45, 2.75) is 32.2 Å². The fourth-order valence-corrected chi connectivity index (χ4v) is 5.42. The van der Waals surface area contributed by atoms with Crippen molar-refractivity contribution in [3.8, 4) is 23.3 Å². The van der Waals surface area contributed by atoms with Gasteiger partial charge in [0.15, 0.2) is 17.3 Å². The maximum atomic E-state index is 15.6. The molecule has 0 bridgehead atoms. The van der Waals surface area contributed by atoms with Crippen LogP contribution in [0, 0.1) is 24.6 Å². The second-order valence-electron chi connectivity index (χ2n) is 10.4. The lowest BCUT2D eigenvalue weighted by Gasteiger charge is -2.41. The molecule has 0 radical (unpaired) electrons. The zero-order valence-electron chi connectivity index (χ0n) is 23.0. The monoisotopic (exact) mass is 563 g/mol. The van der Waals surface area contributed by atoms with Gasteiger partial charge >= 0.3 is 0 Å². The second-order valence-corrected chi connectivity index (χ2v) is 10.4. The molecule has 7 rings (SSSR count). The van der Waals surface area contributed by atoms with Crippen LogP contribution in [0.1, 0.15) is 25.3 Å². The molecule has 2 aliphatic rings. The van der Waals surface area contributed by atoms with Gasteiger partial charge in [-0.25, -0.2) is 28.8 Å². The highest BCUT2D eigenvalue weighted by Gasteiger charge is 2.53. The van der Waals surface area contributed by atoms with E-state index in [0.29, 0.717) is 59.2 Å². The topological polar surface area (TPSA) is 114 Å². The summed E-state index contributed by atoms with van der Waals surface area (Å²) in [5, 5.41) is 7.18. The Hall–Kier alpha value is -5.31. The van der Waals surface area contributed by atoms with Crippen LogP contribution < -0.4 is 15.0 Å². The summed E-state index contributed by atoms with van der Waals surface area (Å²) in [6, 6.07) is 10.6. The number of fused-ring (bicyclic) bond motifs is 2. The molecule has 0 unspecified atom stereocenters. The van der Waals surface area contributed by atoms with Crippen LogP contribution in [0.3, 0.4) is 0 Å². The van der Waals surface area contributed by atoms with Crippen LogP contribution in [0.4, 0.5) is 21.7 Å². The minimum atomic E-state index is -0.467. The molecular weight excluding hydrogens is 537 g/mol. The number of piperazine rings is 1. The predicted octanol–water partition coefficient (Wildman–Crippen LogP) is 4.26. The highest BCUT2D eigenvalue weighted by Crippen LogP contribution is 2.45. The first-order chi connectivity index (χ1) is 20.4. The van der Waals surface area contributed by atoms with Gasteiger partial charge in [-0.05, 0) is 62.9 Å². The van der Waals surface area contributed by atoms with Crippen molar-refractivity contribution >= 4 is 39.9 Å². The van der Waals surface area contributed by atoms with Gasteiger partial charge in [-0.1, -0.05) is 5.92 Å². The molecule has 42 heavy (non-hydrogen) atoms. The fraction of sp³-hybridized carbons (Fsp3) is 0.267. The molecule has 12 heteroatoms. The fourth-order valence-electron chi connectivity index (χ4n) is 5.42. The number of pyridine rings is 2. The third-order valence-electron chi connectivity index (χ3n) is 7.82. The quantitative estimate of drug-likeness (QED) is 0.314. The Labute approximate surface area is 240 Å². The van der Waals surface area contributed by atoms with E-state index in [1.165, 1.54) is 12.7 Å². The van der Waals surface area contributed by atoms with E-state index < -0.39 is 5.82 Å². The lowest BCUT2D eigenvalue weighted by Crippen LogP contribution is -2.57. The summed E-state index contributed by atoms with van der Waals surface area (Å²) >= 11 is 0. The zero-order chi connectivity index (χ0) is 28.8. The lowest BCUT2D eigenvalue weighted by atomic mass is 10.1. The molecule has 5 aromatic rings. The summed E-state index contributed by atoms with van der Waals surface area (Å²) in [5.74, 6) is 6.86. The zero-order valence-corrected chi connectivity index (χ0v) is 23.0. The van der Waals surface area contributed by atoms with Crippen LogP contribution >= 0.6 is 0 Å². The van der Waals surface area contributed by atoms with E-state index >= 15 is 4.39 Å². The standard InChI is InChI=1S/C30H26FN9O2/c1-3-4-26(41)39-14-13-38(16-30(39)10-11-30)24-8-6-22-28(37-24)29(34-17-32-22)36-21-5-7-23(19(2)27(21)31)42-20-9-12-40-25(15-20)33-18-35-40/h5-9,12,15,17-18H,10-11,13-14,16H2,1-2H3,(H,32,34,36). The molecule has 0 atom stereocenters. The summed E-state index contributed by atoms with van der Waals surface area (Å²) in [6.45, 7) is 5.22. The van der Waals surface area contributed by atoms with Crippen molar-refractivity contribution in [1.82, 2.24) is 34.4 Å². The van der Waals surface area contributed by atoms with Crippen LogP contribution in [-0.2, 0) is 4.79 Å². The van der Waals surface area contributed by atoms with Crippen molar-refractivity contribution in [3.05, 3.63) is 66.6 Å². The molecule has 1 saturated heterocycles. The largest absolute Gasteiger partial charge is 0.457 e. The van der Waals surface area contributed by atoms with Crippen LogP contribution in [0.15, 0.2) is 55.2 Å². The van der Waals surface area contributed by atoms with Gasteiger partial charge in [0.1, 0.15) is 35.5 Å². The maximum Gasteiger partial charge on any atom is 0.299 e. The van der Waals surface area contributed by atoms with E-state index in [2.05, 4.69) is 42.1 Å². The Kier molecular flexibility index (Phi) is 6.08. The van der Waals surface area contributed by atoms with Gasteiger partial charge in [0, 0.05) is 37.5 Å². The summed E-state index contributed by atoms with van der Waals surface area (Å²) in [5.41, 5.74) is 2.15. The highest BCUT2D eigenvalue weighted by molar-refractivity contribution is 5.94. The average molecular weight is 564 g/mol. The number of hydrogen-bond donors (Lipinski definition) is 1. The Morgan fingerprint density at radius 3 is 2.81 bits per heavy atom. The van der Waals surface area contributed by atoms with Gasteiger partial charge in [0.25, 0.3) is 5.91 Å². The van der Waals surface area contributed by atoms with Gasteiger partial charge in [0.2, 0.25) is 0 Å². The van der Waals surface area contributed by atoms with Gasteiger partial charge in [-0.2, -0.15) is 5.10 Å². The van der Waals surface area contributed by atoms with Gasteiger partial charge < -0.3 is 19.9 Å². The number of rotatable bonds is 5. The van der Waals surface area contributed by atoms with Crippen molar-refractivity contribution in [2.24, 2.45) is 0 Å². The van der Waals surface area contributed by atoms with Crippen molar-refractivity contribution < 1.29 is 13.9 Å².